The average Bonchev–Trinajstić information content (AvgIpc) is 3.65. The van der Waals surface area contributed by atoms with Gasteiger partial charge in [-0.3, -0.25) is 4.79 Å². The maximum absolute atomic E-state index is 13.7. The van der Waals surface area contributed by atoms with Gasteiger partial charge < -0.3 is 24.6 Å². The maximum atomic E-state index is 13.7. The molecule has 3 aliphatic rings. The molecule has 10 nitrogen and oxygen atoms in total. The molecule has 2 unspecified atom stereocenters. The number of urea groups is 1. The first kappa shape index (κ1) is 25.8. The second-order valence-corrected chi connectivity index (χ2v) is 10.5. The zero-order chi connectivity index (χ0) is 28.0. The molecule has 11 heteroatoms. The van der Waals surface area contributed by atoms with E-state index in [4.69, 9.17) is 21.7 Å². The second-order valence-electron chi connectivity index (χ2n) is 10.1. The lowest BCUT2D eigenvalue weighted by Crippen LogP contribution is -2.57. The number of likely N-dealkylation sites (tertiary alicyclic amines) is 1. The van der Waals surface area contributed by atoms with Crippen LogP contribution >= 0.6 is 12.2 Å². The molecule has 3 aliphatic heterocycles. The van der Waals surface area contributed by atoms with Gasteiger partial charge in [-0.15, -0.1) is 0 Å². The normalized spacial score (nSPS) is 21.1. The lowest BCUT2D eigenvalue weighted by Gasteiger charge is -2.36. The van der Waals surface area contributed by atoms with Crippen molar-refractivity contribution in [1.29, 1.82) is 5.26 Å². The van der Waals surface area contributed by atoms with E-state index in [1.807, 2.05) is 24.3 Å². The van der Waals surface area contributed by atoms with Crippen LogP contribution in [0.2, 0.25) is 0 Å². The molecule has 3 amide bonds. The number of carbonyl (C=O) groups is 2. The third-order valence-electron chi connectivity index (χ3n) is 8.01. The highest BCUT2D eigenvalue weighted by molar-refractivity contribution is 7.80. The summed E-state index contributed by atoms with van der Waals surface area (Å²) in [4.78, 5) is 36.5. The number of hydrogen-bond acceptors (Lipinski definition) is 7. The highest BCUT2D eigenvalue weighted by Gasteiger charge is 2.62. The van der Waals surface area contributed by atoms with E-state index in [0.29, 0.717) is 52.6 Å². The molecule has 3 aromatic rings. The number of nitrogens with one attached hydrogen (secondary N) is 1. The third kappa shape index (κ3) is 4.07. The van der Waals surface area contributed by atoms with Crippen molar-refractivity contribution in [2.75, 3.05) is 32.2 Å². The quantitative estimate of drug-likeness (QED) is 0.266. The topological polar surface area (TPSA) is 111 Å². The fraction of sp³-hybridized carbons (Fsp3) is 0.345. The lowest BCUT2D eigenvalue weighted by atomic mass is 10.1. The van der Waals surface area contributed by atoms with Crippen LogP contribution in [0.25, 0.3) is 10.8 Å². The van der Waals surface area contributed by atoms with Gasteiger partial charge in [0.25, 0.3) is 5.91 Å². The number of aryl methyl sites for hydroxylation is 1. The number of benzene rings is 2. The summed E-state index contributed by atoms with van der Waals surface area (Å²) in [6.07, 6.45) is 3.85. The van der Waals surface area contributed by atoms with Gasteiger partial charge in [0.1, 0.15) is 17.8 Å². The number of anilines is 1. The van der Waals surface area contributed by atoms with E-state index in [9.17, 15) is 14.9 Å². The van der Waals surface area contributed by atoms with E-state index < -0.39 is 6.04 Å². The van der Waals surface area contributed by atoms with Crippen LogP contribution in [-0.2, 0) is 11.2 Å². The minimum atomic E-state index is -0.604. The van der Waals surface area contributed by atoms with E-state index >= 15 is 0 Å². The van der Waals surface area contributed by atoms with E-state index in [2.05, 4.69) is 21.3 Å². The Labute approximate surface area is 237 Å². The van der Waals surface area contributed by atoms with Crippen LogP contribution < -0.4 is 19.7 Å². The van der Waals surface area contributed by atoms with E-state index in [0.717, 1.165) is 18.4 Å². The third-order valence-corrected chi connectivity index (χ3v) is 8.39. The highest BCUT2D eigenvalue weighted by atomic mass is 32.1. The van der Waals surface area contributed by atoms with Gasteiger partial charge in [-0.1, -0.05) is 30.3 Å². The average molecular weight is 557 g/mol. The first-order chi connectivity index (χ1) is 19.5. The molecule has 6 rings (SSSR count). The fourth-order valence-electron chi connectivity index (χ4n) is 6.18. The Kier molecular flexibility index (Phi) is 6.64. The zero-order valence-electron chi connectivity index (χ0n) is 22.2. The Balaban J connectivity index is 1.12. The Morgan fingerprint density at radius 1 is 1.15 bits per heavy atom. The molecule has 3 atom stereocenters. The molecule has 3 fully saturated rings. The van der Waals surface area contributed by atoms with Crippen LogP contribution in [0.4, 0.5) is 10.5 Å². The second kappa shape index (κ2) is 10.3. The van der Waals surface area contributed by atoms with Crippen molar-refractivity contribution in [1.82, 2.24) is 20.1 Å². The number of amides is 3. The van der Waals surface area contributed by atoms with Gasteiger partial charge in [0, 0.05) is 23.9 Å². The molecule has 1 aromatic heterocycles. The van der Waals surface area contributed by atoms with Gasteiger partial charge in [0.2, 0.25) is 0 Å². The van der Waals surface area contributed by atoms with Crippen molar-refractivity contribution in [3.8, 4) is 17.6 Å². The Morgan fingerprint density at radius 3 is 2.67 bits per heavy atom. The zero-order valence-corrected chi connectivity index (χ0v) is 23.0. The summed E-state index contributed by atoms with van der Waals surface area (Å²) in [5, 5.41) is 14.7. The number of nitrogens with zero attached hydrogens (tertiary/aromatic N) is 5. The number of fused-ring (bicyclic) bond motifs is 6. The van der Waals surface area contributed by atoms with Gasteiger partial charge in [-0.05, 0) is 49.2 Å². The Morgan fingerprint density at radius 2 is 1.93 bits per heavy atom. The van der Waals surface area contributed by atoms with Crippen molar-refractivity contribution >= 4 is 45.7 Å². The molecular formula is C29H28N6O4S. The predicted molar refractivity (Wildman–Crippen MR) is 152 cm³/mol. The molecule has 204 valence electrons. The van der Waals surface area contributed by atoms with Gasteiger partial charge in [0.15, 0.2) is 16.6 Å². The van der Waals surface area contributed by atoms with Crippen LogP contribution in [0, 0.1) is 11.3 Å². The van der Waals surface area contributed by atoms with Crippen LogP contribution in [0.1, 0.15) is 24.1 Å². The van der Waals surface area contributed by atoms with Crippen LogP contribution in [-0.4, -0.2) is 77.3 Å². The number of aromatic nitrogens is 1. The smallest absolute Gasteiger partial charge is 0.332 e. The summed E-state index contributed by atoms with van der Waals surface area (Å²) in [7, 11) is 3.24. The van der Waals surface area contributed by atoms with Crippen LogP contribution in [0.15, 0.2) is 48.7 Å². The Bertz CT molecular complexity index is 1570. The van der Waals surface area contributed by atoms with Crippen molar-refractivity contribution in [3.63, 3.8) is 0 Å². The molecule has 1 N–H and O–H groups in total. The van der Waals surface area contributed by atoms with Crippen molar-refractivity contribution in [3.05, 3.63) is 59.9 Å². The van der Waals surface area contributed by atoms with Crippen molar-refractivity contribution < 1.29 is 19.1 Å². The van der Waals surface area contributed by atoms with Crippen molar-refractivity contribution in [2.45, 2.75) is 37.4 Å². The first-order valence-electron chi connectivity index (χ1n) is 13.2. The van der Waals surface area contributed by atoms with Crippen LogP contribution in [0.5, 0.6) is 11.5 Å². The summed E-state index contributed by atoms with van der Waals surface area (Å²) < 4.78 is 10.7. The molecule has 2 aromatic carbocycles. The monoisotopic (exact) mass is 556 g/mol. The summed E-state index contributed by atoms with van der Waals surface area (Å²) >= 11 is 5.73. The molecule has 2 bridgehead atoms. The van der Waals surface area contributed by atoms with E-state index in [-0.39, 0.29) is 29.7 Å². The highest BCUT2D eigenvalue weighted by Crippen LogP contribution is 2.43. The number of rotatable bonds is 7. The number of thiocarbonyl (C=S) groups is 1. The lowest BCUT2D eigenvalue weighted by molar-refractivity contribution is -0.120. The molecule has 0 spiro atoms. The number of pyridine rings is 1. The molecule has 4 heterocycles. The van der Waals surface area contributed by atoms with E-state index in [1.165, 1.54) is 11.1 Å². The largest absolute Gasteiger partial charge is 0.493 e. The van der Waals surface area contributed by atoms with E-state index in [1.54, 1.807) is 37.3 Å². The number of carbonyl (C=O) groups excluding carboxylic acids is 2. The van der Waals surface area contributed by atoms with Gasteiger partial charge in [0.05, 0.1) is 38.2 Å². The van der Waals surface area contributed by atoms with Gasteiger partial charge >= 0.3 is 6.03 Å². The number of methoxy groups -OCH3 is 2. The summed E-state index contributed by atoms with van der Waals surface area (Å²) in [6, 6.07) is 14.0. The SMILES string of the molecule is COc1ccc(CCCNC(=S)N2C[C@H]3CC2C2C(=O)N(c4cnc(C#N)c5ccccc45)C(=O)N23)cc1OC. The standard InChI is InChI=1S/C29H28N6O4S/c1-38-24-10-9-17(12-25(24)39-2)6-5-11-31-28(40)33-16-18-13-22(33)26-27(36)35(29(37)34(18)26)23-15-32-21(14-30)19-7-3-4-8-20(19)23/h3-4,7-10,12,15,18,22,26H,5-6,11,13,16H2,1-2H3,(H,31,40)/t18-,22?,26?/m1/s1. The molecule has 0 aliphatic carbocycles. The molecule has 3 saturated heterocycles. The number of nitriles is 1. The minimum Gasteiger partial charge on any atom is -0.493 e. The number of ether oxygens (including phenoxy) is 2. The van der Waals surface area contributed by atoms with Gasteiger partial charge in [-0.2, -0.15) is 5.26 Å². The predicted octanol–water partition coefficient (Wildman–Crippen LogP) is 3.22. The molecule has 40 heavy (non-hydrogen) atoms. The minimum absolute atomic E-state index is 0.0967. The molecule has 0 saturated carbocycles. The maximum Gasteiger partial charge on any atom is 0.332 e. The number of hydrogen-bond donors (Lipinski definition) is 1. The Hall–Kier alpha value is -4.43. The van der Waals surface area contributed by atoms with Crippen LogP contribution in [0.3, 0.4) is 0 Å². The molecule has 0 radical (unpaired) electrons. The number of imide groups is 1. The van der Waals surface area contributed by atoms with Gasteiger partial charge in [-0.25, -0.2) is 14.7 Å². The number of piperazine rings is 1. The van der Waals surface area contributed by atoms with Crippen molar-refractivity contribution in [2.24, 2.45) is 0 Å². The first-order valence-corrected chi connectivity index (χ1v) is 13.6. The molecular weight excluding hydrogens is 528 g/mol. The summed E-state index contributed by atoms with van der Waals surface area (Å²) in [5.74, 6) is 1.12. The summed E-state index contributed by atoms with van der Waals surface area (Å²) in [5.41, 5.74) is 1.80. The fourth-order valence-corrected chi connectivity index (χ4v) is 6.49. The summed E-state index contributed by atoms with van der Waals surface area (Å²) in [6.45, 7) is 1.26.